The molecule has 0 radical (unpaired) electrons. The minimum absolute atomic E-state index is 0.468. The molecule has 0 nitrogen and oxygen atoms in total. The van der Waals surface area contributed by atoms with Crippen LogP contribution in [0, 0.1) is 28.6 Å². The molecular formula is C38H60. The van der Waals surface area contributed by atoms with Gasteiger partial charge < -0.3 is 0 Å². The van der Waals surface area contributed by atoms with E-state index in [0.29, 0.717) is 10.8 Å². The van der Waals surface area contributed by atoms with Gasteiger partial charge in [-0.05, 0) is 139 Å². The van der Waals surface area contributed by atoms with Gasteiger partial charge in [0.25, 0.3) is 0 Å². The van der Waals surface area contributed by atoms with Crippen LogP contribution < -0.4 is 0 Å². The molecule has 212 valence electrons. The second-order valence-electron chi connectivity index (χ2n) is 14.3. The van der Waals surface area contributed by atoms with Crippen molar-refractivity contribution in [1.82, 2.24) is 0 Å². The maximum absolute atomic E-state index is 2.57. The lowest BCUT2D eigenvalue weighted by molar-refractivity contribution is 0.147. The Labute approximate surface area is 237 Å². The molecule has 0 aromatic carbocycles. The summed E-state index contributed by atoms with van der Waals surface area (Å²) in [6.45, 7) is 14.4. The van der Waals surface area contributed by atoms with E-state index in [1.807, 2.05) is 0 Å². The van der Waals surface area contributed by atoms with E-state index in [1.54, 1.807) is 27.9 Å². The van der Waals surface area contributed by atoms with Gasteiger partial charge in [-0.15, -0.1) is 0 Å². The lowest BCUT2D eigenvalue weighted by atomic mass is 9.64. The highest BCUT2D eigenvalue weighted by Crippen LogP contribution is 2.57. The molecule has 0 heteroatoms. The normalized spacial score (nSPS) is 37.4. The van der Waals surface area contributed by atoms with Crippen molar-refractivity contribution in [3.05, 3.63) is 58.2 Å². The summed E-state index contributed by atoms with van der Waals surface area (Å²) in [4.78, 5) is 0. The van der Waals surface area contributed by atoms with Gasteiger partial charge in [-0.2, -0.15) is 0 Å². The average molecular weight is 517 g/mol. The van der Waals surface area contributed by atoms with Crippen LogP contribution in [0.15, 0.2) is 58.2 Å². The maximum atomic E-state index is 2.57. The zero-order chi connectivity index (χ0) is 27.2. The highest BCUT2D eigenvalue weighted by molar-refractivity contribution is 5.32. The third-order valence-corrected chi connectivity index (χ3v) is 11.9. The van der Waals surface area contributed by atoms with Gasteiger partial charge in [-0.1, -0.05) is 98.8 Å². The molecule has 0 spiro atoms. The molecule has 5 aliphatic rings. The van der Waals surface area contributed by atoms with E-state index in [1.165, 1.54) is 109 Å². The van der Waals surface area contributed by atoms with Gasteiger partial charge in [0.15, 0.2) is 0 Å². The van der Waals surface area contributed by atoms with Crippen LogP contribution >= 0.6 is 0 Å². The van der Waals surface area contributed by atoms with Crippen molar-refractivity contribution in [1.29, 1.82) is 0 Å². The van der Waals surface area contributed by atoms with E-state index in [0.717, 1.165) is 17.8 Å². The van der Waals surface area contributed by atoms with Crippen LogP contribution in [0.25, 0.3) is 0 Å². The molecular weight excluding hydrogens is 456 g/mol. The van der Waals surface area contributed by atoms with Crippen LogP contribution in [0.2, 0.25) is 0 Å². The summed E-state index contributed by atoms with van der Waals surface area (Å²) in [5.74, 6) is 2.62. The van der Waals surface area contributed by atoms with Crippen molar-refractivity contribution < 1.29 is 0 Å². The second-order valence-corrected chi connectivity index (χ2v) is 14.3. The lowest BCUT2D eigenvalue weighted by Gasteiger charge is -2.41. The zero-order valence-electron chi connectivity index (χ0n) is 26.1. The molecule has 0 aliphatic heterocycles. The Kier molecular flexibility index (Phi) is 10.4. The highest BCUT2D eigenvalue weighted by atomic mass is 14.5. The summed E-state index contributed by atoms with van der Waals surface area (Å²) in [6, 6.07) is 0. The molecule has 5 rings (SSSR count). The topological polar surface area (TPSA) is 0 Å². The fraction of sp³-hybridized carbons (Fsp3) is 0.737. The van der Waals surface area contributed by atoms with E-state index >= 15 is 0 Å². The standard InChI is InChI=1S/2C19H30/c1-15-10-13-18-17(9-6-14-19(15,18)2)12-11-16-7-4-3-5-8-16;1-5-6-8-15(2)10-12-17-9-7-14-19(4)16(3)11-13-18(17)19/h11-12,15,18H,3-10,13-14H2,1-2H3;10-12,18H,5-9,13-14H2,1-4H3/b17-12+;15-10-,17-12+/t15?,18?,19-;18?,19-/m11/s1. The molecule has 0 bridgehead atoms. The van der Waals surface area contributed by atoms with Gasteiger partial charge in [0.05, 0.1) is 0 Å². The highest BCUT2D eigenvalue weighted by Gasteiger charge is 2.47. The van der Waals surface area contributed by atoms with Crippen molar-refractivity contribution >= 4 is 0 Å². The summed E-state index contributed by atoms with van der Waals surface area (Å²) in [5.41, 5.74) is 9.48. The Balaban J connectivity index is 0.000000177. The first-order valence-electron chi connectivity index (χ1n) is 16.7. The minimum atomic E-state index is 0.468. The Morgan fingerprint density at radius 1 is 0.868 bits per heavy atom. The predicted molar refractivity (Wildman–Crippen MR) is 168 cm³/mol. The van der Waals surface area contributed by atoms with Crippen LogP contribution in [0.3, 0.4) is 0 Å². The third kappa shape index (κ3) is 6.70. The second kappa shape index (κ2) is 13.4. The molecule has 4 fully saturated rings. The molecule has 0 aromatic heterocycles. The Morgan fingerprint density at radius 2 is 1.58 bits per heavy atom. The van der Waals surface area contributed by atoms with E-state index in [2.05, 4.69) is 71.9 Å². The largest absolute Gasteiger partial charge is 0.0844 e. The van der Waals surface area contributed by atoms with Gasteiger partial charge in [0, 0.05) is 0 Å². The first-order chi connectivity index (χ1) is 18.3. The number of allylic oxidation sites excluding steroid dienone is 10. The van der Waals surface area contributed by atoms with Crippen LogP contribution in [0.5, 0.6) is 0 Å². The Bertz CT molecular complexity index is 943. The fourth-order valence-corrected chi connectivity index (χ4v) is 8.71. The van der Waals surface area contributed by atoms with E-state index in [9.17, 15) is 0 Å². The first-order valence-corrected chi connectivity index (χ1v) is 16.7. The monoisotopic (exact) mass is 516 g/mol. The molecule has 5 atom stereocenters. The van der Waals surface area contributed by atoms with E-state index in [-0.39, 0.29) is 0 Å². The lowest BCUT2D eigenvalue weighted by Crippen LogP contribution is -2.31. The molecule has 0 saturated heterocycles. The number of rotatable bonds is 5. The molecule has 0 amide bonds. The number of unbranched alkanes of at least 4 members (excludes halogenated alkanes) is 1. The summed E-state index contributed by atoms with van der Waals surface area (Å²) < 4.78 is 0. The van der Waals surface area contributed by atoms with Crippen molar-refractivity contribution in [3.8, 4) is 0 Å². The van der Waals surface area contributed by atoms with Crippen LogP contribution in [-0.2, 0) is 0 Å². The fourth-order valence-electron chi connectivity index (χ4n) is 8.71. The number of hydrogen-bond donors (Lipinski definition) is 0. The third-order valence-electron chi connectivity index (χ3n) is 11.9. The van der Waals surface area contributed by atoms with E-state index in [4.69, 9.17) is 0 Å². The van der Waals surface area contributed by atoms with Gasteiger partial charge in [-0.3, -0.25) is 0 Å². The van der Waals surface area contributed by atoms with Crippen LogP contribution in [0.4, 0.5) is 0 Å². The molecule has 0 N–H and O–H groups in total. The van der Waals surface area contributed by atoms with Gasteiger partial charge in [0.2, 0.25) is 0 Å². The molecule has 3 unspecified atom stereocenters. The van der Waals surface area contributed by atoms with Gasteiger partial charge in [0.1, 0.15) is 0 Å². The summed E-state index contributed by atoms with van der Waals surface area (Å²) in [6.07, 6.45) is 35.8. The van der Waals surface area contributed by atoms with Crippen molar-refractivity contribution in [3.63, 3.8) is 0 Å². The smallest absolute Gasteiger partial charge is 0.00506 e. The zero-order valence-corrected chi connectivity index (χ0v) is 26.1. The van der Waals surface area contributed by atoms with Gasteiger partial charge >= 0.3 is 0 Å². The van der Waals surface area contributed by atoms with Crippen LogP contribution in [-0.4, -0.2) is 0 Å². The Morgan fingerprint density at radius 3 is 2.32 bits per heavy atom. The van der Waals surface area contributed by atoms with Crippen molar-refractivity contribution in [2.75, 3.05) is 0 Å². The minimum Gasteiger partial charge on any atom is -0.0844 e. The summed E-state index contributed by atoms with van der Waals surface area (Å²) >= 11 is 0. The summed E-state index contributed by atoms with van der Waals surface area (Å²) in [7, 11) is 0. The van der Waals surface area contributed by atoms with E-state index < -0.39 is 0 Å². The van der Waals surface area contributed by atoms with Crippen molar-refractivity contribution in [2.45, 2.75) is 151 Å². The molecule has 0 heterocycles. The molecule has 38 heavy (non-hydrogen) atoms. The van der Waals surface area contributed by atoms with Crippen LogP contribution in [0.1, 0.15) is 151 Å². The van der Waals surface area contributed by atoms with Gasteiger partial charge in [-0.25, -0.2) is 0 Å². The molecule has 0 aromatic rings. The quantitative estimate of drug-likeness (QED) is 0.319. The average Bonchev–Trinajstić information content (AvgIpc) is 3.41. The molecule has 4 saturated carbocycles. The van der Waals surface area contributed by atoms with Crippen molar-refractivity contribution in [2.24, 2.45) is 28.6 Å². The SMILES string of the molecule is CC1CCC2/C(=C/C=C3CCCCC3)CCC[C@]12C.CCCC/C(C)=C\C=C1/CCC[C@]2(C)C(C)=CCC12. The number of fused-ring (bicyclic) bond motifs is 2. The Hall–Kier alpha value is -1.30. The first kappa shape index (κ1) is 29.7. The molecule has 5 aliphatic carbocycles. The number of hydrogen-bond acceptors (Lipinski definition) is 0. The predicted octanol–water partition coefficient (Wildman–Crippen LogP) is 12.2. The maximum Gasteiger partial charge on any atom is -0.00506 e. The summed E-state index contributed by atoms with van der Waals surface area (Å²) in [5, 5.41) is 0.